The monoisotopic (exact) mass is 425 g/mol. The van der Waals surface area contributed by atoms with Gasteiger partial charge < -0.3 is 14.4 Å². The first-order valence-corrected chi connectivity index (χ1v) is 10.6. The third-order valence-electron chi connectivity index (χ3n) is 5.73. The molecule has 0 bridgehead atoms. The number of aryl methyl sites for hydroxylation is 1. The predicted octanol–water partition coefficient (Wildman–Crippen LogP) is 4.88. The van der Waals surface area contributed by atoms with Gasteiger partial charge in [0.05, 0.1) is 21.7 Å². The van der Waals surface area contributed by atoms with Gasteiger partial charge in [0, 0.05) is 33.2 Å². The molecule has 158 valence electrons. The molecule has 0 saturated carbocycles. The molecule has 30 heavy (non-hydrogen) atoms. The molecular weight excluding hydrogens is 398 g/mol. The van der Waals surface area contributed by atoms with Crippen molar-refractivity contribution in [3.8, 4) is 0 Å². The zero-order chi connectivity index (χ0) is 21.5. The summed E-state index contributed by atoms with van der Waals surface area (Å²) < 4.78 is 1.95. The number of carbonyl (C=O) groups excluding carboxylic acids is 1. The minimum atomic E-state index is -0.122. The van der Waals surface area contributed by atoms with Crippen LogP contribution in [0.25, 0.3) is 11.0 Å². The number of nitrogens with zero attached hydrogens (tertiary/aromatic N) is 4. The summed E-state index contributed by atoms with van der Waals surface area (Å²) in [7, 11) is 1.94. The molecule has 1 fully saturated rings. The summed E-state index contributed by atoms with van der Waals surface area (Å²) in [5.41, 5.74) is 4.21. The smallest absolute Gasteiger partial charge is 0.324 e. The van der Waals surface area contributed by atoms with Gasteiger partial charge in [0.2, 0.25) is 5.95 Å². The molecule has 4 rings (SSSR count). The van der Waals surface area contributed by atoms with E-state index in [4.69, 9.17) is 11.6 Å². The van der Waals surface area contributed by atoms with Crippen LogP contribution in [0.5, 0.6) is 0 Å². The van der Waals surface area contributed by atoms with Gasteiger partial charge in [-0.2, -0.15) is 0 Å². The number of anilines is 2. The zero-order valence-electron chi connectivity index (χ0n) is 17.9. The molecule has 0 spiro atoms. The maximum atomic E-state index is 12.8. The van der Waals surface area contributed by atoms with Crippen LogP contribution in [0.4, 0.5) is 16.4 Å². The minimum Gasteiger partial charge on any atom is -0.367 e. The molecule has 2 aromatic carbocycles. The molecule has 2 heterocycles. The van der Waals surface area contributed by atoms with Gasteiger partial charge in [0.1, 0.15) is 0 Å². The lowest BCUT2D eigenvalue weighted by molar-refractivity contribution is 0.208. The molecule has 3 aromatic rings. The Labute approximate surface area is 182 Å². The van der Waals surface area contributed by atoms with Crippen molar-refractivity contribution in [2.75, 3.05) is 36.4 Å². The summed E-state index contributed by atoms with van der Waals surface area (Å²) in [5, 5.41) is 3.73. The second kappa shape index (κ2) is 7.84. The number of carbonyl (C=O) groups is 1. The number of rotatable bonds is 2. The molecule has 1 aromatic heterocycles. The van der Waals surface area contributed by atoms with Gasteiger partial charge in [-0.15, -0.1) is 0 Å². The highest BCUT2D eigenvalue weighted by molar-refractivity contribution is 6.33. The molecule has 6 nitrogen and oxygen atoms in total. The Morgan fingerprint density at radius 1 is 1.07 bits per heavy atom. The van der Waals surface area contributed by atoms with E-state index in [-0.39, 0.29) is 11.4 Å². The summed E-state index contributed by atoms with van der Waals surface area (Å²) >= 11 is 6.31. The summed E-state index contributed by atoms with van der Waals surface area (Å²) in [6, 6.07) is 14.0. The number of nitrogens with one attached hydrogen (secondary N) is 1. The largest absolute Gasteiger partial charge is 0.367 e. The normalized spacial score (nSPS) is 15.0. The van der Waals surface area contributed by atoms with Crippen molar-refractivity contribution >= 4 is 40.3 Å². The summed E-state index contributed by atoms with van der Waals surface area (Å²) in [4.78, 5) is 21.5. The van der Waals surface area contributed by atoms with Crippen LogP contribution in [0.2, 0.25) is 5.02 Å². The number of hydrogen-bond donors (Lipinski definition) is 1. The second-order valence-corrected chi connectivity index (χ2v) is 9.21. The molecule has 0 unspecified atom stereocenters. The van der Waals surface area contributed by atoms with E-state index < -0.39 is 0 Å². The van der Waals surface area contributed by atoms with E-state index in [2.05, 4.69) is 48.1 Å². The minimum absolute atomic E-state index is 0.0587. The SMILES string of the molecule is Cn1c(NC(=O)N2CCN(c3ccccc3Cl)CC2)nc2ccc(C(C)(C)C)cc21. The van der Waals surface area contributed by atoms with Gasteiger partial charge in [-0.05, 0) is 35.2 Å². The Hall–Kier alpha value is -2.73. The highest BCUT2D eigenvalue weighted by Crippen LogP contribution is 2.28. The first-order chi connectivity index (χ1) is 14.2. The average Bonchev–Trinajstić information content (AvgIpc) is 3.03. The van der Waals surface area contributed by atoms with E-state index in [0.717, 1.165) is 34.8 Å². The fourth-order valence-electron chi connectivity index (χ4n) is 3.80. The van der Waals surface area contributed by atoms with Crippen molar-refractivity contribution in [3.05, 3.63) is 53.1 Å². The van der Waals surface area contributed by atoms with E-state index in [1.54, 1.807) is 0 Å². The van der Waals surface area contributed by atoms with Crippen LogP contribution < -0.4 is 10.2 Å². The van der Waals surface area contributed by atoms with Gasteiger partial charge in [-0.1, -0.05) is 50.6 Å². The van der Waals surface area contributed by atoms with Crippen molar-refractivity contribution in [1.82, 2.24) is 14.5 Å². The molecule has 1 saturated heterocycles. The molecule has 1 N–H and O–H groups in total. The third-order valence-corrected chi connectivity index (χ3v) is 6.05. The summed E-state index contributed by atoms with van der Waals surface area (Å²) in [5.74, 6) is 0.564. The van der Waals surface area contributed by atoms with Crippen LogP contribution in [0.15, 0.2) is 42.5 Å². The fraction of sp³-hybridized carbons (Fsp3) is 0.391. The Bertz CT molecular complexity index is 1080. The van der Waals surface area contributed by atoms with Gasteiger partial charge in [0.15, 0.2) is 0 Å². The van der Waals surface area contributed by atoms with E-state index >= 15 is 0 Å². The molecule has 2 amide bonds. The maximum absolute atomic E-state index is 12.8. The third kappa shape index (κ3) is 3.97. The first-order valence-electron chi connectivity index (χ1n) is 10.3. The lowest BCUT2D eigenvalue weighted by Crippen LogP contribution is -2.50. The number of halogens is 1. The van der Waals surface area contributed by atoms with E-state index in [1.807, 2.05) is 46.8 Å². The lowest BCUT2D eigenvalue weighted by atomic mass is 9.87. The van der Waals surface area contributed by atoms with Gasteiger partial charge in [-0.3, -0.25) is 5.32 Å². The maximum Gasteiger partial charge on any atom is 0.324 e. The molecule has 1 aliphatic rings. The number of fused-ring (bicyclic) bond motifs is 1. The van der Waals surface area contributed by atoms with E-state index in [9.17, 15) is 4.79 Å². The van der Waals surface area contributed by atoms with Crippen molar-refractivity contribution in [2.24, 2.45) is 7.05 Å². The van der Waals surface area contributed by atoms with Crippen LogP contribution in [0.3, 0.4) is 0 Å². The van der Waals surface area contributed by atoms with Gasteiger partial charge in [0.25, 0.3) is 0 Å². The fourth-order valence-corrected chi connectivity index (χ4v) is 4.06. The van der Waals surface area contributed by atoms with Crippen molar-refractivity contribution < 1.29 is 4.79 Å². The first kappa shape index (κ1) is 20.5. The second-order valence-electron chi connectivity index (χ2n) is 8.80. The molecule has 7 heteroatoms. The molecule has 1 aliphatic heterocycles. The van der Waals surface area contributed by atoms with Crippen molar-refractivity contribution in [3.63, 3.8) is 0 Å². The van der Waals surface area contributed by atoms with Crippen molar-refractivity contribution in [1.29, 1.82) is 0 Å². The lowest BCUT2D eigenvalue weighted by Gasteiger charge is -2.36. The van der Waals surface area contributed by atoms with Gasteiger partial charge >= 0.3 is 6.03 Å². The van der Waals surface area contributed by atoms with Crippen molar-refractivity contribution in [2.45, 2.75) is 26.2 Å². The van der Waals surface area contributed by atoms with Crippen LogP contribution in [0, 0.1) is 0 Å². The quantitative estimate of drug-likeness (QED) is 0.636. The van der Waals surface area contributed by atoms with Gasteiger partial charge in [-0.25, -0.2) is 9.78 Å². The average molecular weight is 426 g/mol. The van der Waals surface area contributed by atoms with Crippen LogP contribution >= 0.6 is 11.6 Å². The number of urea groups is 1. The molecule has 0 radical (unpaired) electrons. The Morgan fingerprint density at radius 3 is 2.43 bits per heavy atom. The highest BCUT2D eigenvalue weighted by atomic mass is 35.5. The summed E-state index contributed by atoms with van der Waals surface area (Å²) in [6.07, 6.45) is 0. The number of amides is 2. The van der Waals surface area contributed by atoms with Crippen LogP contribution in [0.1, 0.15) is 26.3 Å². The standard InChI is InChI=1S/C23H28ClN5O/c1-23(2,3)16-9-10-18-20(15-16)27(4)21(25-18)26-22(30)29-13-11-28(12-14-29)19-8-6-5-7-17(19)24/h5-10,15H,11-14H2,1-4H3,(H,25,26,30). The topological polar surface area (TPSA) is 53.4 Å². The van der Waals surface area contributed by atoms with Crippen LogP contribution in [-0.4, -0.2) is 46.7 Å². The Morgan fingerprint density at radius 2 is 1.77 bits per heavy atom. The number of benzene rings is 2. The Balaban J connectivity index is 1.45. The highest BCUT2D eigenvalue weighted by Gasteiger charge is 2.24. The number of para-hydroxylation sites is 1. The zero-order valence-corrected chi connectivity index (χ0v) is 18.7. The Kier molecular flexibility index (Phi) is 5.36. The van der Waals surface area contributed by atoms with E-state index in [1.165, 1.54) is 5.56 Å². The number of hydrogen-bond acceptors (Lipinski definition) is 3. The molecule has 0 aliphatic carbocycles. The number of aromatic nitrogens is 2. The van der Waals surface area contributed by atoms with E-state index in [0.29, 0.717) is 19.0 Å². The number of piperazine rings is 1. The predicted molar refractivity (Wildman–Crippen MR) is 124 cm³/mol. The summed E-state index contributed by atoms with van der Waals surface area (Å²) in [6.45, 7) is 9.33. The van der Waals surface area contributed by atoms with Crippen LogP contribution in [-0.2, 0) is 12.5 Å². The molecular formula is C23H28ClN5O. The number of imidazole rings is 1. The molecule has 0 atom stereocenters.